The van der Waals surface area contributed by atoms with E-state index in [0.29, 0.717) is 19.6 Å². The highest BCUT2D eigenvalue weighted by Gasteiger charge is 2.43. The summed E-state index contributed by atoms with van der Waals surface area (Å²) in [4.78, 5) is 29.8. The van der Waals surface area contributed by atoms with Crippen LogP contribution >= 0.6 is 0 Å². The van der Waals surface area contributed by atoms with Crippen LogP contribution in [0, 0.1) is 0 Å². The Morgan fingerprint density at radius 3 is 3.00 bits per heavy atom. The third kappa shape index (κ3) is 3.22. The molecule has 1 aliphatic rings. The Labute approximate surface area is 109 Å². The molecule has 0 spiro atoms. The van der Waals surface area contributed by atoms with E-state index in [9.17, 15) is 9.59 Å². The molecule has 0 saturated carbocycles. The Kier molecular flexibility index (Phi) is 4.00. The van der Waals surface area contributed by atoms with Crippen molar-refractivity contribution in [1.29, 1.82) is 0 Å². The second-order valence-corrected chi connectivity index (χ2v) is 4.36. The van der Waals surface area contributed by atoms with Crippen LogP contribution in [0.4, 0.5) is 4.79 Å². The lowest BCUT2D eigenvalue weighted by molar-refractivity contribution is -0.144. The molecule has 1 saturated heterocycles. The first-order chi connectivity index (χ1) is 9.12. The number of amides is 2. The van der Waals surface area contributed by atoms with E-state index < -0.39 is 17.5 Å². The minimum absolute atomic E-state index is 0.00601. The first-order valence-corrected chi connectivity index (χ1v) is 5.98. The van der Waals surface area contributed by atoms with Crippen LogP contribution in [0.2, 0.25) is 0 Å². The number of aromatic amines is 1. The van der Waals surface area contributed by atoms with Crippen LogP contribution in [0.3, 0.4) is 0 Å². The Balaban J connectivity index is 1.78. The molecule has 1 aromatic rings. The number of hydrogen-bond acceptors (Lipinski definition) is 4. The van der Waals surface area contributed by atoms with Crippen LogP contribution < -0.4 is 10.6 Å². The first-order valence-electron chi connectivity index (χ1n) is 5.98. The number of aromatic nitrogens is 2. The smallest absolute Gasteiger partial charge is 0.332 e. The van der Waals surface area contributed by atoms with Gasteiger partial charge in [-0.1, -0.05) is 0 Å². The summed E-state index contributed by atoms with van der Waals surface area (Å²) in [6.45, 7) is 0.697. The van der Waals surface area contributed by atoms with Gasteiger partial charge in [0.15, 0.2) is 5.54 Å². The van der Waals surface area contributed by atoms with E-state index in [0.717, 1.165) is 5.82 Å². The minimum atomic E-state index is -1.31. The molecule has 2 amide bonds. The van der Waals surface area contributed by atoms with Crippen LogP contribution in [0.1, 0.15) is 12.2 Å². The van der Waals surface area contributed by atoms with Crippen molar-refractivity contribution in [2.75, 3.05) is 19.8 Å². The molecule has 1 atom stereocenters. The minimum Gasteiger partial charge on any atom is -0.479 e. The molecule has 0 bridgehead atoms. The van der Waals surface area contributed by atoms with Crippen molar-refractivity contribution in [1.82, 2.24) is 20.6 Å². The Bertz CT molecular complexity index is 440. The van der Waals surface area contributed by atoms with Gasteiger partial charge in [-0.15, -0.1) is 0 Å². The molecule has 0 radical (unpaired) electrons. The molecule has 8 nitrogen and oxygen atoms in total. The second-order valence-electron chi connectivity index (χ2n) is 4.36. The molecule has 4 N–H and O–H groups in total. The highest BCUT2D eigenvalue weighted by atomic mass is 16.5. The van der Waals surface area contributed by atoms with Crippen molar-refractivity contribution in [3.05, 3.63) is 18.2 Å². The summed E-state index contributed by atoms with van der Waals surface area (Å²) in [5.74, 6) is -0.316. The number of hydrogen-bond donors (Lipinski definition) is 4. The maximum Gasteiger partial charge on any atom is 0.332 e. The lowest BCUT2D eigenvalue weighted by Gasteiger charge is -2.23. The number of aliphatic carboxylic acids is 1. The zero-order valence-electron chi connectivity index (χ0n) is 10.3. The number of nitrogens with one attached hydrogen (secondary N) is 3. The summed E-state index contributed by atoms with van der Waals surface area (Å²) < 4.78 is 5.05. The van der Waals surface area contributed by atoms with Crippen LogP contribution in [0.5, 0.6) is 0 Å². The Morgan fingerprint density at radius 2 is 2.42 bits per heavy atom. The van der Waals surface area contributed by atoms with Gasteiger partial charge in [-0.2, -0.15) is 0 Å². The molecule has 19 heavy (non-hydrogen) atoms. The zero-order valence-corrected chi connectivity index (χ0v) is 10.3. The molecule has 8 heteroatoms. The van der Waals surface area contributed by atoms with Crippen molar-refractivity contribution in [2.45, 2.75) is 18.4 Å². The molecule has 0 aromatic carbocycles. The predicted octanol–water partition coefficient (Wildman–Crippen LogP) is -0.505. The van der Waals surface area contributed by atoms with Gasteiger partial charge in [0.2, 0.25) is 0 Å². The van der Waals surface area contributed by atoms with Crippen LogP contribution in [-0.4, -0.2) is 52.4 Å². The van der Waals surface area contributed by atoms with E-state index in [1.807, 2.05) is 0 Å². The average Bonchev–Trinajstić information content (AvgIpc) is 3.00. The molecule has 1 aliphatic heterocycles. The number of carbonyl (C=O) groups excluding carboxylic acids is 1. The van der Waals surface area contributed by atoms with Crippen LogP contribution in [0.15, 0.2) is 12.4 Å². The van der Waals surface area contributed by atoms with Gasteiger partial charge in [0.1, 0.15) is 5.82 Å². The standard InChI is InChI=1S/C11H16N4O4/c16-9(17)11(2-6-19-7-11)15-10(18)14-3-1-8-12-4-5-13-8/h4-5H,1-3,6-7H2,(H,12,13)(H,16,17)(H2,14,15,18). The predicted molar refractivity (Wildman–Crippen MR) is 64.6 cm³/mol. The van der Waals surface area contributed by atoms with Crippen molar-refractivity contribution >= 4 is 12.0 Å². The summed E-state index contributed by atoms with van der Waals surface area (Å²) in [7, 11) is 0. The molecular weight excluding hydrogens is 252 g/mol. The molecule has 104 valence electrons. The van der Waals surface area contributed by atoms with Crippen molar-refractivity contribution in [3.63, 3.8) is 0 Å². The number of imidazole rings is 1. The fraction of sp³-hybridized carbons (Fsp3) is 0.545. The number of carbonyl (C=O) groups is 2. The largest absolute Gasteiger partial charge is 0.479 e. The first kappa shape index (κ1) is 13.3. The lowest BCUT2D eigenvalue weighted by atomic mass is 9.99. The highest BCUT2D eigenvalue weighted by molar-refractivity contribution is 5.86. The summed E-state index contributed by atoms with van der Waals surface area (Å²) in [5.41, 5.74) is -1.31. The normalized spacial score (nSPS) is 22.1. The highest BCUT2D eigenvalue weighted by Crippen LogP contribution is 2.18. The van der Waals surface area contributed by atoms with Gasteiger partial charge in [-0.3, -0.25) is 0 Å². The number of rotatable bonds is 5. The molecular formula is C11H16N4O4. The number of carboxylic acids is 1. The van der Waals surface area contributed by atoms with E-state index in [2.05, 4.69) is 20.6 Å². The summed E-state index contributed by atoms with van der Waals surface area (Å²) in [6.07, 6.45) is 4.15. The van der Waals surface area contributed by atoms with E-state index in [1.165, 1.54) is 0 Å². The molecule has 1 fully saturated rings. The number of urea groups is 1. The summed E-state index contributed by atoms with van der Waals surface area (Å²) >= 11 is 0. The number of H-pyrrole nitrogens is 1. The molecule has 2 rings (SSSR count). The average molecular weight is 268 g/mol. The van der Waals surface area contributed by atoms with Gasteiger partial charge in [0.05, 0.1) is 6.61 Å². The Hall–Kier alpha value is -2.09. The van der Waals surface area contributed by atoms with Crippen LogP contribution in [0.25, 0.3) is 0 Å². The van der Waals surface area contributed by atoms with Crippen LogP contribution in [-0.2, 0) is 16.0 Å². The zero-order chi connectivity index (χ0) is 13.7. The molecule has 0 aliphatic carbocycles. The van der Waals surface area contributed by atoms with E-state index >= 15 is 0 Å². The van der Waals surface area contributed by atoms with E-state index in [-0.39, 0.29) is 13.0 Å². The van der Waals surface area contributed by atoms with Gasteiger partial charge in [-0.05, 0) is 0 Å². The lowest BCUT2D eigenvalue weighted by Crippen LogP contribution is -2.57. The van der Waals surface area contributed by atoms with E-state index in [4.69, 9.17) is 9.84 Å². The fourth-order valence-corrected chi connectivity index (χ4v) is 1.88. The van der Waals surface area contributed by atoms with E-state index in [1.54, 1.807) is 12.4 Å². The third-order valence-corrected chi connectivity index (χ3v) is 2.99. The maximum atomic E-state index is 11.7. The third-order valence-electron chi connectivity index (χ3n) is 2.99. The van der Waals surface area contributed by atoms with Crippen molar-refractivity contribution in [3.8, 4) is 0 Å². The van der Waals surface area contributed by atoms with Gasteiger partial charge >= 0.3 is 12.0 Å². The van der Waals surface area contributed by atoms with Crippen molar-refractivity contribution < 1.29 is 19.4 Å². The molecule has 2 heterocycles. The Morgan fingerprint density at radius 1 is 1.58 bits per heavy atom. The monoisotopic (exact) mass is 268 g/mol. The maximum absolute atomic E-state index is 11.7. The van der Waals surface area contributed by atoms with Gasteiger partial charge < -0.3 is 25.5 Å². The topological polar surface area (TPSA) is 116 Å². The number of ether oxygens (including phenoxy) is 1. The SMILES string of the molecule is O=C(NCCc1ncc[nH]1)NC1(C(=O)O)CCOC1. The number of nitrogens with zero attached hydrogens (tertiary/aromatic N) is 1. The summed E-state index contributed by atoms with van der Waals surface area (Å²) in [5, 5.41) is 14.2. The van der Waals surface area contributed by atoms with Crippen molar-refractivity contribution in [2.24, 2.45) is 0 Å². The fourth-order valence-electron chi connectivity index (χ4n) is 1.88. The summed E-state index contributed by atoms with van der Waals surface area (Å²) in [6, 6.07) is -0.514. The molecule has 1 unspecified atom stereocenters. The quantitative estimate of drug-likeness (QED) is 0.574. The van der Waals surface area contributed by atoms with Gasteiger partial charge in [-0.25, -0.2) is 14.6 Å². The number of carboxylic acid groups (broad SMARTS) is 1. The van der Waals surface area contributed by atoms with Gasteiger partial charge in [0, 0.05) is 38.4 Å². The van der Waals surface area contributed by atoms with Gasteiger partial charge in [0.25, 0.3) is 0 Å². The second kappa shape index (κ2) is 5.70. The molecule has 1 aromatic heterocycles.